The molecule has 0 N–H and O–H groups in total. The van der Waals surface area contributed by atoms with Crippen LogP contribution in [-0.4, -0.2) is 17.3 Å². The van der Waals surface area contributed by atoms with Crippen LogP contribution in [0.25, 0.3) is 0 Å². The van der Waals surface area contributed by atoms with Gasteiger partial charge in [-0.15, -0.1) is 0 Å². The van der Waals surface area contributed by atoms with Crippen molar-refractivity contribution in [1.82, 2.24) is 0 Å². The Hall–Kier alpha value is -1.78. The van der Waals surface area contributed by atoms with Crippen molar-refractivity contribution in [2.75, 3.05) is 6.54 Å². The third-order valence-electron chi connectivity index (χ3n) is 1.44. The van der Waals surface area contributed by atoms with Crippen molar-refractivity contribution in [2.24, 2.45) is 0 Å². The van der Waals surface area contributed by atoms with Gasteiger partial charge in [-0.3, -0.25) is 14.9 Å². The highest BCUT2D eigenvalue weighted by molar-refractivity contribution is 5.96. The molecule has 5 heteroatoms. The van der Waals surface area contributed by atoms with E-state index in [-0.39, 0.29) is 5.56 Å². The number of carbonyl (C=O) groups is 1. The van der Waals surface area contributed by atoms with Gasteiger partial charge in [-0.2, -0.15) is 0 Å². The van der Waals surface area contributed by atoms with Gasteiger partial charge in [-0.05, 0) is 24.3 Å². The fourth-order valence-corrected chi connectivity index (χ4v) is 0.844. The summed E-state index contributed by atoms with van der Waals surface area (Å²) in [4.78, 5) is 20.2. The van der Waals surface area contributed by atoms with E-state index in [2.05, 4.69) is 0 Å². The third kappa shape index (κ3) is 2.62. The number of hydrogen-bond acceptors (Lipinski definition) is 3. The molecule has 68 valence electrons. The predicted octanol–water partition coefficient (Wildman–Crippen LogP) is 1.29. The fourth-order valence-electron chi connectivity index (χ4n) is 0.844. The monoisotopic (exact) mass is 183 g/mol. The molecule has 1 aromatic carbocycles. The number of nitro groups is 1. The van der Waals surface area contributed by atoms with Gasteiger partial charge in [0.1, 0.15) is 5.82 Å². The van der Waals surface area contributed by atoms with Gasteiger partial charge in [-0.1, -0.05) is 0 Å². The van der Waals surface area contributed by atoms with E-state index in [9.17, 15) is 19.3 Å². The van der Waals surface area contributed by atoms with Gasteiger partial charge < -0.3 is 0 Å². The van der Waals surface area contributed by atoms with Crippen molar-refractivity contribution in [3.63, 3.8) is 0 Å². The molecule has 0 aliphatic rings. The highest BCUT2D eigenvalue weighted by Crippen LogP contribution is 2.03. The lowest BCUT2D eigenvalue weighted by molar-refractivity contribution is -0.465. The first-order valence-corrected chi connectivity index (χ1v) is 3.50. The predicted molar refractivity (Wildman–Crippen MR) is 42.6 cm³/mol. The quantitative estimate of drug-likeness (QED) is 0.403. The molecule has 13 heavy (non-hydrogen) atoms. The van der Waals surface area contributed by atoms with Crippen molar-refractivity contribution < 1.29 is 14.1 Å². The van der Waals surface area contributed by atoms with Crippen LogP contribution in [0.5, 0.6) is 0 Å². The number of carbonyl (C=O) groups excluding carboxylic acids is 1. The molecule has 0 atom stereocenters. The van der Waals surface area contributed by atoms with Gasteiger partial charge in [0.15, 0.2) is 0 Å². The highest BCUT2D eigenvalue weighted by atomic mass is 19.1. The van der Waals surface area contributed by atoms with Gasteiger partial charge in [0.05, 0.1) is 0 Å². The van der Waals surface area contributed by atoms with Gasteiger partial charge in [0.25, 0.3) is 6.54 Å². The third-order valence-corrected chi connectivity index (χ3v) is 1.44. The van der Waals surface area contributed by atoms with Crippen LogP contribution >= 0.6 is 0 Å². The Labute approximate surface area is 73.1 Å². The Kier molecular flexibility index (Phi) is 2.69. The number of ketones is 1. The second kappa shape index (κ2) is 3.75. The fraction of sp³-hybridized carbons (Fsp3) is 0.125. The molecule has 0 saturated carbocycles. The van der Waals surface area contributed by atoms with Gasteiger partial charge in [0.2, 0.25) is 5.78 Å². The van der Waals surface area contributed by atoms with E-state index in [1.807, 2.05) is 0 Å². The van der Waals surface area contributed by atoms with Gasteiger partial charge >= 0.3 is 0 Å². The molecular weight excluding hydrogens is 177 g/mol. The zero-order chi connectivity index (χ0) is 9.84. The van der Waals surface area contributed by atoms with Crippen molar-refractivity contribution in [3.8, 4) is 0 Å². The van der Waals surface area contributed by atoms with Crippen molar-refractivity contribution in [3.05, 3.63) is 45.8 Å². The Bertz CT molecular complexity index is 334. The first-order chi connectivity index (χ1) is 6.09. The zero-order valence-corrected chi connectivity index (χ0v) is 6.57. The average Bonchev–Trinajstić information content (AvgIpc) is 2.04. The minimum absolute atomic E-state index is 0.151. The first kappa shape index (κ1) is 9.31. The molecule has 4 nitrogen and oxygen atoms in total. The molecule has 0 aliphatic carbocycles. The molecule has 0 bridgehead atoms. The van der Waals surface area contributed by atoms with E-state index in [0.717, 1.165) is 12.1 Å². The van der Waals surface area contributed by atoms with Crippen LogP contribution in [0.1, 0.15) is 10.4 Å². The lowest BCUT2D eigenvalue weighted by Crippen LogP contribution is -2.13. The number of nitrogens with zero attached hydrogens (tertiary/aromatic N) is 1. The number of halogens is 1. The van der Waals surface area contributed by atoms with Crippen molar-refractivity contribution in [2.45, 2.75) is 0 Å². The second-order valence-electron chi connectivity index (χ2n) is 2.42. The minimum atomic E-state index is -0.758. The lowest BCUT2D eigenvalue weighted by Gasteiger charge is -1.95. The average molecular weight is 183 g/mol. The summed E-state index contributed by atoms with van der Waals surface area (Å²) in [6.07, 6.45) is 0. The molecule has 0 spiro atoms. The number of hydrogen-bond donors (Lipinski definition) is 0. The largest absolute Gasteiger partial charge is 0.287 e. The van der Waals surface area contributed by atoms with E-state index < -0.39 is 23.1 Å². The van der Waals surface area contributed by atoms with E-state index in [1.54, 1.807) is 0 Å². The molecule has 0 fully saturated rings. The Balaban J connectivity index is 2.78. The SMILES string of the molecule is O=C(C[N+](=O)[O-])c1ccc(F)cc1. The topological polar surface area (TPSA) is 60.2 Å². The number of rotatable bonds is 3. The number of benzene rings is 1. The molecule has 1 aromatic rings. The van der Waals surface area contributed by atoms with Gasteiger partial charge in [-0.25, -0.2) is 4.39 Å². The smallest absolute Gasteiger partial charge is 0.265 e. The van der Waals surface area contributed by atoms with Crippen LogP contribution in [-0.2, 0) is 0 Å². The van der Waals surface area contributed by atoms with Crippen LogP contribution in [0.2, 0.25) is 0 Å². The van der Waals surface area contributed by atoms with Gasteiger partial charge in [0, 0.05) is 10.5 Å². The van der Waals surface area contributed by atoms with Crippen LogP contribution in [0, 0.1) is 15.9 Å². The maximum absolute atomic E-state index is 12.4. The molecule has 0 unspecified atom stereocenters. The lowest BCUT2D eigenvalue weighted by atomic mass is 10.1. The van der Waals surface area contributed by atoms with E-state index in [4.69, 9.17) is 0 Å². The van der Waals surface area contributed by atoms with E-state index in [0.29, 0.717) is 0 Å². The summed E-state index contributed by atoms with van der Waals surface area (Å²) in [7, 11) is 0. The number of Topliss-reactive ketones (excluding diaryl/α,β-unsaturated/α-hetero) is 1. The summed E-state index contributed by atoms with van der Waals surface area (Å²) in [6, 6.07) is 4.63. The standard InChI is InChI=1S/C8H6FNO3/c9-7-3-1-6(2-4-7)8(11)5-10(12)13/h1-4H,5H2. The van der Waals surface area contributed by atoms with Crippen LogP contribution in [0.15, 0.2) is 24.3 Å². The van der Waals surface area contributed by atoms with Crippen molar-refractivity contribution >= 4 is 5.78 Å². The van der Waals surface area contributed by atoms with Crippen LogP contribution in [0.4, 0.5) is 4.39 Å². The molecule has 0 aromatic heterocycles. The second-order valence-corrected chi connectivity index (χ2v) is 2.42. The molecule has 0 saturated heterocycles. The normalized spacial score (nSPS) is 9.62. The maximum Gasteiger partial charge on any atom is 0.265 e. The Morgan fingerprint density at radius 2 is 1.92 bits per heavy atom. The molecule has 0 amide bonds. The molecule has 0 aliphatic heterocycles. The Morgan fingerprint density at radius 1 is 1.38 bits per heavy atom. The van der Waals surface area contributed by atoms with E-state index in [1.165, 1.54) is 12.1 Å². The van der Waals surface area contributed by atoms with Crippen LogP contribution < -0.4 is 0 Å². The molecular formula is C8H6FNO3. The highest BCUT2D eigenvalue weighted by Gasteiger charge is 2.11. The maximum atomic E-state index is 12.4. The first-order valence-electron chi connectivity index (χ1n) is 3.50. The van der Waals surface area contributed by atoms with E-state index >= 15 is 0 Å². The summed E-state index contributed by atoms with van der Waals surface area (Å²) in [5.41, 5.74) is 0.151. The van der Waals surface area contributed by atoms with Crippen molar-refractivity contribution in [1.29, 1.82) is 0 Å². The summed E-state index contributed by atoms with van der Waals surface area (Å²) in [5.74, 6) is -1.09. The summed E-state index contributed by atoms with van der Waals surface area (Å²) >= 11 is 0. The molecule has 0 radical (unpaired) electrons. The van der Waals surface area contributed by atoms with Crippen LogP contribution in [0.3, 0.4) is 0 Å². The molecule has 0 heterocycles. The summed E-state index contributed by atoms with van der Waals surface area (Å²) in [5, 5.41) is 9.96. The summed E-state index contributed by atoms with van der Waals surface area (Å²) in [6.45, 7) is -0.758. The molecule has 1 rings (SSSR count). The summed E-state index contributed by atoms with van der Waals surface area (Å²) < 4.78 is 12.4. The zero-order valence-electron chi connectivity index (χ0n) is 6.57. The minimum Gasteiger partial charge on any atom is -0.287 e. The Morgan fingerprint density at radius 3 is 2.38 bits per heavy atom.